The quantitative estimate of drug-likeness (QED) is 0.718. The second-order valence-electron chi connectivity index (χ2n) is 4.30. The van der Waals surface area contributed by atoms with Crippen LogP contribution in [0.2, 0.25) is 0 Å². The van der Waals surface area contributed by atoms with E-state index >= 15 is 0 Å². The minimum atomic E-state index is -0.229. The van der Waals surface area contributed by atoms with Gasteiger partial charge in [0, 0.05) is 38.2 Å². The molecule has 3 nitrogen and oxygen atoms in total. The number of anilines is 1. The lowest BCUT2D eigenvalue weighted by molar-refractivity contribution is 0.302. The first kappa shape index (κ1) is 9.90. The normalized spacial score (nSPS) is 24.1. The Morgan fingerprint density at radius 1 is 1.44 bits per heavy atom. The summed E-state index contributed by atoms with van der Waals surface area (Å²) in [5.74, 6) is 0.455. The van der Waals surface area contributed by atoms with Crippen molar-refractivity contribution in [3.63, 3.8) is 0 Å². The predicted octanol–water partition coefficient (Wildman–Crippen LogP) is 1.39. The molecule has 1 saturated heterocycles. The molecule has 1 N–H and O–H groups in total. The van der Waals surface area contributed by atoms with Gasteiger partial charge in [-0.3, -0.25) is 0 Å². The maximum atomic E-state index is 13.1. The van der Waals surface area contributed by atoms with Gasteiger partial charge in [0.05, 0.1) is 12.3 Å². The fourth-order valence-electron chi connectivity index (χ4n) is 2.48. The first-order valence-corrected chi connectivity index (χ1v) is 5.74. The molecular weight excluding hydrogens is 207 g/mol. The fourth-order valence-corrected chi connectivity index (χ4v) is 2.48. The van der Waals surface area contributed by atoms with E-state index in [1.165, 1.54) is 12.1 Å². The third-order valence-corrected chi connectivity index (χ3v) is 3.29. The smallest absolute Gasteiger partial charge is 0.145 e. The van der Waals surface area contributed by atoms with Gasteiger partial charge in [-0.1, -0.05) is 0 Å². The van der Waals surface area contributed by atoms with E-state index in [2.05, 4.69) is 10.2 Å². The topological polar surface area (TPSA) is 24.5 Å². The molecule has 1 fully saturated rings. The summed E-state index contributed by atoms with van der Waals surface area (Å²) in [6.45, 7) is 3.60. The lowest BCUT2D eigenvalue weighted by Crippen LogP contribution is -2.51. The summed E-state index contributed by atoms with van der Waals surface area (Å²) in [5.41, 5.74) is 1.03. The summed E-state index contributed by atoms with van der Waals surface area (Å²) in [6.07, 6.45) is 0.989. The van der Waals surface area contributed by atoms with Crippen LogP contribution in [0, 0.1) is 5.82 Å². The second-order valence-corrected chi connectivity index (χ2v) is 4.30. The van der Waals surface area contributed by atoms with E-state index in [-0.39, 0.29) is 5.82 Å². The fraction of sp³-hybridized carbons (Fsp3) is 0.500. The number of benzene rings is 1. The first-order valence-electron chi connectivity index (χ1n) is 5.74. The average molecular weight is 222 g/mol. The molecule has 0 radical (unpaired) electrons. The molecule has 1 aromatic rings. The van der Waals surface area contributed by atoms with Gasteiger partial charge in [-0.05, 0) is 12.1 Å². The third kappa shape index (κ3) is 1.63. The molecule has 3 rings (SSSR count). The van der Waals surface area contributed by atoms with Gasteiger partial charge in [0.25, 0.3) is 0 Å². The predicted molar refractivity (Wildman–Crippen MR) is 60.5 cm³/mol. The van der Waals surface area contributed by atoms with Crippen LogP contribution in [0.3, 0.4) is 0 Å². The van der Waals surface area contributed by atoms with Crippen molar-refractivity contribution in [1.29, 1.82) is 0 Å². The number of halogens is 1. The summed E-state index contributed by atoms with van der Waals surface area (Å²) >= 11 is 0. The van der Waals surface area contributed by atoms with Crippen LogP contribution in [0.15, 0.2) is 18.2 Å². The molecule has 4 heteroatoms. The number of nitrogens with one attached hydrogen (secondary N) is 1. The Hall–Kier alpha value is -1.29. The van der Waals surface area contributed by atoms with E-state index in [4.69, 9.17) is 4.74 Å². The van der Waals surface area contributed by atoms with Crippen molar-refractivity contribution >= 4 is 5.69 Å². The number of hydrogen-bond acceptors (Lipinski definition) is 3. The molecule has 0 aliphatic carbocycles. The van der Waals surface area contributed by atoms with Gasteiger partial charge in [0.2, 0.25) is 0 Å². The number of ether oxygens (including phenoxy) is 1. The van der Waals surface area contributed by atoms with Gasteiger partial charge in [-0.2, -0.15) is 0 Å². The minimum absolute atomic E-state index is 0.229. The Bertz CT molecular complexity index is 397. The van der Waals surface area contributed by atoms with Crippen LogP contribution in [0.4, 0.5) is 10.1 Å². The Balaban J connectivity index is 2.00. The van der Waals surface area contributed by atoms with E-state index in [9.17, 15) is 4.39 Å². The van der Waals surface area contributed by atoms with Crippen molar-refractivity contribution in [3.05, 3.63) is 24.0 Å². The zero-order chi connectivity index (χ0) is 11.0. The highest BCUT2D eigenvalue weighted by Crippen LogP contribution is 2.34. The van der Waals surface area contributed by atoms with Crippen LogP contribution in [0.1, 0.15) is 6.42 Å². The number of fused-ring (bicyclic) bond motifs is 3. The Labute approximate surface area is 94.2 Å². The summed E-state index contributed by atoms with van der Waals surface area (Å²) in [4.78, 5) is 2.33. The molecule has 1 aromatic carbocycles. The van der Waals surface area contributed by atoms with Crippen LogP contribution >= 0.6 is 0 Å². The monoisotopic (exact) mass is 222 g/mol. The minimum Gasteiger partial charge on any atom is -0.491 e. The Morgan fingerprint density at radius 3 is 3.31 bits per heavy atom. The Morgan fingerprint density at radius 2 is 2.38 bits per heavy atom. The molecule has 0 spiro atoms. The lowest BCUT2D eigenvalue weighted by atomic mass is 10.1. The summed E-state index contributed by atoms with van der Waals surface area (Å²) in [6, 6.07) is 5.29. The second kappa shape index (κ2) is 3.94. The average Bonchev–Trinajstić information content (AvgIpc) is 2.47. The number of piperazine rings is 1. The molecule has 0 saturated carbocycles. The lowest BCUT2D eigenvalue weighted by Gasteiger charge is -2.36. The molecule has 2 aliphatic rings. The van der Waals surface area contributed by atoms with E-state index in [1.807, 2.05) is 6.07 Å². The van der Waals surface area contributed by atoms with E-state index in [0.29, 0.717) is 18.4 Å². The maximum absolute atomic E-state index is 13.1. The van der Waals surface area contributed by atoms with Gasteiger partial charge < -0.3 is 15.0 Å². The standard InChI is InChI=1S/C12H15FN2O/c13-9-1-2-11-12(7-9)16-6-3-10-8-14-4-5-15(10)11/h1-2,7,10,14H,3-6,8H2/t10-/m1/s1. The van der Waals surface area contributed by atoms with Crippen LogP contribution in [-0.4, -0.2) is 32.3 Å². The molecule has 0 amide bonds. The number of nitrogens with zero attached hydrogens (tertiary/aromatic N) is 1. The van der Waals surface area contributed by atoms with Gasteiger partial charge in [0.1, 0.15) is 11.6 Å². The van der Waals surface area contributed by atoms with Crippen molar-refractivity contribution < 1.29 is 9.13 Å². The van der Waals surface area contributed by atoms with Crippen LogP contribution in [0.5, 0.6) is 5.75 Å². The SMILES string of the molecule is Fc1ccc2c(c1)OCC[C@@H]1CNCCN21. The zero-order valence-electron chi connectivity index (χ0n) is 9.08. The number of hydrogen-bond donors (Lipinski definition) is 1. The van der Waals surface area contributed by atoms with Crippen LogP contribution in [0.25, 0.3) is 0 Å². The highest BCUT2D eigenvalue weighted by Gasteiger charge is 2.27. The van der Waals surface area contributed by atoms with Gasteiger partial charge in [0.15, 0.2) is 0 Å². The van der Waals surface area contributed by atoms with E-state index in [0.717, 1.165) is 31.7 Å². The van der Waals surface area contributed by atoms with Gasteiger partial charge >= 0.3 is 0 Å². The Kier molecular flexibility index (Phi) is 2.44. The molecule has 0 unspecified atom stereocenters. The molecule has 2 aliphatic heterocycles. The summed E-state index contributed by atoms with van der Waals surface area (Å²) in [5, 5.41) is 3.38. The molecular formula is C12H15FN2O. The summed E-state index contributed by atoms with van der Waals surface area (Å²) < 4.78 is 18.8. The molecule has 86 valence electrons. The molecule has 1 atom stereocenters. The zero-order valence-corrected chi connectivity index (χ0v) is 9.08. The van der Waals surface area contributed by atoms with Crippen LogP contribution in [-0.2, 0) is 0 Å². The molecule has 0 bridgehead atoms. The highest BCUT2D eigenvalue weighted by molar-refractivity contribution is 5.60. The van der Waals surface area contributed by atoms with Crippen molar-refractivity contribution in [3.8, 4) is 5.75 Å². The molecule has 16 heavy (non-hydrogen) atoms. The highest BCUT2D eigenvalue weighted by atomic mass is 19.1. The van der Waals surface area contributed by atoms with Gasteiger partial charge in [-0.25, -0.2) is 4.39 Å². The first-order chi connectivity index (χ1) is 7.84. The van der Waals surface area contributed by atoms with Gasteiger partial charge in [-0.15, -0.1) is 0 Å². The van der Waals surface area contributed by atoms with E-state index in [1.54, 1.807) is 0 Å². The molecule has 0 aromatic heterocycles. The van der Waals surface area contributed by atoms with Crippen molar-refractivity contribution in [2.75, 3.05) is 31.1 Å². The largest absolute Gasteiger partial charge is 0.491 e. The number of rotatable bonds is 0. The van der Waals surface area contributed by atoms with Crippen molar-refractivity contribution in [2.24, 2.45) is 0 Å². The van der Waals surface area contributed by atoms with Crippen LogP contribution < -0.4 is 15.0 Å². The van der Waals surface area contributed by atoms with Crippen molar-refractivity contribution in [1.82, 2.24) is 5.32 Å². The third-order valence-electron chi connectivity index (χ3n) is 3.29. The van der Waals surface area contributed by atoms with E-state index < -0.39 is 0 Å². The molecule has 2 heterocycles. The summed E-state index contributed by atoms with van der Waals surface area (Å²) in [7, 11) is 0. The van der Waals surface area contributed by atoms with Crippen molar-refractivity contribution in [2.45, 2.75) is 12.5 Å². The maximum Gasteiger partial charge on any atom is 0.145 e.